The summed E-state index contributed by atoms with van der Waals surface area (Å²) in [6, 6.07) is 10.3. The number of hydrogen-bond acceptors (Lipinski definition) is 2. The normalized spacial score (nSPS) is 36.9. The van der Waals surface area contributed by atoms with Crippen LogP contribution in [0.25, 0.3) is 0 Å². The van der Waals surface area contributed by atoms with Crippen LogP contribution in [0.1, 0.15) is 32.8 Å². The molecule has 3 rings (SSSR count). The smallest absolute Gasteiger partial charge is 0.0626 e. The minimum atomic E-state index is -0.447. The van der Waals surface area contributed by atoms with Gasteiger partial charge in [0.1, 0.15) is 0 Å². The Morgan fingerprint density at radius 1 is 1.32 bits per heavy atom. The highest BCUT2D eigenvalue weighted by atomic mass is 16.3. The van der Waals surface area contributed by atoms with Crippen molar-refractivity contribution in [1.82, 2.24) is 0 Å². The number of fused-ring (bicyclic) bond motifs is 1. The molecule has 2 saturated carbocycles. The number of aliphatic hydroxyl groups excluding tert-OH is 1. The molecular weight excluding hydrogens is 234 g/mol. The topological polar surface area (TPSA) is 44.1 Å². The molecule has 0 spiro atoms. The van der Waals surface area contributed by atoms with Crippen molar-refractivity contribution in [3.05, 3.63) is 35.9 Å². The molecule has 2 N–H and O–H groups in total. The first-order valence-electron chi connectivity index (χ1n) is 7.20. The molecule has 0 aromatic heterocycles. The molecular formula is C17H23NO. The second-order valence-electron chi connectivity index (χ2n) is 6.97. The predicted octanol–water partition coefficient (Wildman–Crippen LogP) is 3.29. The summed E-state index contributed by atoms with van der Waals surface area (Å²) in [4.78, 5) is 0. The average Bonchev–Trinajstić information content (AvgIpc) is 2.74. The van der Waals surface area contributed by atoms with Gasteiger partial charge >= 0.3 is 0 Å². The lowest BCUT2D eigenvalue weighted by atomic mass is 9.69. The highest BCUT2D eigenvalue weighted by molar-refractivity contribution is 5.93. The first-order chi connectivity index (χ1) is 8.90. The van der Waals surface area contributed by atoms with Gasteiger partial charge in [-0.15, -0.1) is 0 Å². The van der Waals surface area contributed by atoms with Gasteiger partial charge in [-0.2, -0.15) is 0 Å². The molecule has 2 aliphatic carbocycles. The van der Waals surface area contributed by atoms with Crippen molar-refractivity contribution >= 4 is 5.71 Å². The van der Waals surface area contributed by atoms with Gasteiger partial charge in [-0.3, -0.25) is 0 Å². The third-order valence-electron chi connectivity index (χ3n) is 5.68. The summed E-state index contributed by atoms with van der Waals surface area (Å²) in [6.07, 6.45) is 1.22. The van der Waals surface area contributed by atoms with E-state index >= 15 is 0 Å². The Bertz CT molecular complexity index is 505. The van der Waals surface area contributed by atoms with E-state index in [1.54, 1.807) is 0 Å². The number of hydrogen-bond donors (Lipinski definition) is 2. The lowest BCUT2D eigenvalue weighted by Gasteiger charge is -2.37. The summed E-state index contributed by atoms with van der Waals surface area (Å²) in [5.74, 6) is 1.06. The van der Waals surface area contributed by atoms with Crippen molar-refractivity contribution < 1.29 is 5.11 Å². The molecule has 0 amide bonds. The Morgan fingerprint density at radius 2 is 1.95 bits per heavy atom. The van der Waals surface area contributed by atoms with E-state index < -0.39 is 6.10 Å². The lowest BCUT2D eigenvalue weighted by molar-refractivity contribution is 0.0654. The van der Waals surface area contributed by atoms with Crippen molar-refractivity contribution in [2.45, 2.75) is 39.7 Å². The van der Waals surface area contributed by atoms with E-state index in [9.17, 15) is 5.11 Å². The van der Waals surface area contributed by atoms with Gasteiger partial charge in [-0.1, -0.05) is 44.2 Å². The van der Waals surface area contributed by atoms with Crippen molar-refractivity contribution in [3.8, 4) is 0 Å². The molecule has 2 fully saturated rings. The summed E-state index contributed by atoms with van der Waals surface area (Å²) in [5.41, 5.74) is 1.95. The van der Waals surface area contributed by atoms with Crippen LogP contribution < -0.4 is 0 Å². The minimum Gasteiger partial charge on any atom is -0.392 e. The van der Waals surface area contributed by atoms with Crippen LogP contribution in [0.5, 0.6) is 0 Å². The standard InChI is InChI=1S/C17H23NO/c1-11(19)17(10-12-7-5-4-6-8-12)14(18)9-13-15(17)16(13,2)3/h4-8,11,13,15,18-19H,9-10H2,1-3H3/t11-,13-,15-,17+/m1/s1. The first kappa shape index (κ1) is 12.9. The molecule has 2 aliphatic rings. The predicted molar refractivity (Wildman–Crippen MR) is 77.4 cm³/mol. The van der Waals surface area contributed by atoms with Gasteiger partial charge in [0.2, 0.25) is 0 Å². The second-order valence-corrected chi connectivity index (χ2v) is 6.97. The van der Waals surface area contributed by atoms with Crippen LogP contribution in [0.3, 0.4) is 0 Å². The van der Waals surface area contributed by atoms with Crippen LogP contribution in [-0.2, 0) is 6.42 Å². The van der Waals surface area contributed by atoms with Crippen LogP contribution in [0.15, 0.2) is 30.3 Å². The van der Waals surface area contributed by atoms with Crippen LogP contribution in [0.4, 0.5) is 0 Å². The molecule has 0 aliphatic heterocycles. The van der Waals surface area contributed by atoms with Crippen molar-refractivity contribution in [3.63, 3.8) is 0 Å². The maximum atomic E-state index is 10.4. The number of aliphatic hydroxyl groups is 1. The zero-order valence-electron chi connectivity index (χ0n) is 12.0. The average molecular weight is 257 g/mol. The van der Waals surface area contributed by atoms with Crippen LogP contribution >= 0.6 is 0 Å². The Morgan fingerprint density at radius 3 is 2.47 bits per heavy atom. The van der Waals surface area contributed by atoms with Crippen LogP contribution in [0.2, 0.25) is 0 Å². The minimum absolute atomic E-state index is 0.288. The second kappa shape index (κ2) is 3.92. The summed E-state index contributed by atoms with van der Waals surface area (Å²) in [7, 11) is 0. The number of benzene rings is 1. The summed E-state index contributed by atoms with van der Waals surface area (Å²) in [6.45, 7) is 6.45. The van der Waals surface area contributed by atoms with E-state index in [2.05, 4.69) is 26.0 Å². The molecule has 2 nitrogen and oxygen atoms in total. The Labute approximate surface area is 115 Å². The highest BCUT2D eigenvalue weighted by Gasteiger charge is 2.73. The van der Waals surface area contributed by atoms with Gasteiger partial charge in [-0.25, -0.2) is 0 Å². The summed E-state index contributed by atoms with van der Waals surface area (Å²) in [5, 5.41) is 18.8. The van der Waals surface area contributed by atoms with Gasteiger partial charge < -0.3 is 10.5 Å². The molecule has 1 aromatic rings. The zero-order chi connectivity index (χ0) is 13.8. The van der Waals surface area contributed by atoms with Crippen molar-refractivity contribution in [2.75, 3.05) is 0 Å². The van der Waals surface area contributed by atoms with Crippen LogP contribution in [-0.4, -0.2) is 16.9 Å². The first-order valence-corrected chi connectivity index (χ1v) is 7.20. The van der Waals surface area contributed by atoms with Gasteiger partial charge in [0.05, 0.1) is 6.10 Å². The zero-order valence-corrected chi connectivity index (χ0v) is 12.0. The summed E-state index contributed by atoms with van der Waals surface area (Å²) >= 11 is 0. The van der Waals surface area contributed by atoms with Crippen molar-refractivity contribution in [1.29, 1.82) is 5.41 Å². The number of nitrogens with one attached hydrogen (secondary N) is 1. The quantitative estimate of drug-likeness (QED) is 0.857. The van der Waals surface area contributed by atoms with Gasteiger partial charge in [0, 0.05) is 11.1 Å². The van der Waals surface area contributed by atoms with Crippen molar-refractivity contribution in [2.24, 2.45) is 22.7 Å². The largest absolute Gasteiger partial charge is 0.392 e. The third-order valence-corrected chi connectivity index (χ3v) is 5.68. The molecule has 0 unspecified atom stereocenters. The monoisotopic (exact) mass is 257 g/mol. The molecule has 0 heterocycles. The van der Waals surface area contributed by atoms with Gasteiger partial charge in [0.15, 0.2) is 0 Å². The molecule has 102 valence electrons. The Hall–Kier alpha value is -1.15. The summed E-state index contributed by atoms with van der Waals surface area (Å²) < 4.78 is 0. The fourth-order valence-corrected chi connectivity index (χ4v) is 4.56. The third kappa shape index (κ3) is 1.62. The van der Waals surface area contributed by atoms with Crippen LogP contribution in [0, 0.1) is 28.1 Å². The fraction of sp³-hybridized carbons (Fsp3) is 0.588. The maximum Gasteiger partial charge on any atom is 0.0626 e. The molecule has 4 atom stereocenters. The molecule has 0 bridgehead atoms. The Balaban J connectivity index is 1.98. The van der Waals surface area contributed by atoms with E-state index in [0.29, 0.717) is 11.8 Å². The van der Waals surface area contributed by atoms with Gasteiger partial charge in [0.25, 0.3) is 0 Å². The van der Waals surface area contributed by atoms with Gasteiger partial charge in [-0.05, 0) is 42.6 Å². The molecule has 19 heavy (non-hydrogen) atoms. The molecule has 2 heteroatoms. The van der Waals surface area contributed by atoms with E-state index in [1.807, 2.05) is 25.1 Å². The molecule has 1 aromatic carbocycles. The number of rotatable bonds is 3. The molecule has 0 radical (unpaired) electrons. The van der Waals surface area contributed by atoms with E-state index in [0.717, 1.165) is 18.6 Å². The van der Waals surface area contributed by atoms with E-state index in [4.69, 9.17) is 5.41 Å². The SMILES string of the molecule is C[C@@H](O)[C@@]1(Cc2ccccc2)C(=N)C[C@@H]2[C@@H]1C2(C)C. The lowest BCUT2D eigenvalue weighted by Crippen LogP contribution is -2.44. The fourth-order valence-electron chi connectivity index (χ4n) is 4.56. The molecule has 0 saturated heterocycles. The Kier molecular flexibility index (Phi) is 2.66. The maximum absolute atomic E-state index is 10.4. The van der Waals surface area contributed by atoms with E-state index in [-0.39, 0.29) is 10.8 Å². The van der Waals surface area contributed by atoms with E-state index in [1.165, 1.54) is 5.56 Å². The highest BCUT2D eigenvalue weighted by Crippen LogP contribution is 2.73.